The molecule has 3 aromatic rings. The van der Waals surface area contributed by atoms with Gasteiger partial charge in [-0.15, -0.1) is 0 Å². The van der Waals surface area contributed by atoms with Crippen LogP contribution in [0.1, 0.15) is 49.7 Å². The van der Waals surface area contributed by atoms with Gasteiger partial charge in [-0.1, -0.05) is 41.4 Å². The van der Waals surface area contributed by atoms with Crippen LogP contribution in [0.5, 0.6) is 0 Å². The zero-order valence-electron chi connectivity index (χ0n) is 18.2. The van der Waals surface area contributed by atoms with Gasteiger partial charge in [0.1, 0.15) is 12.0 Å². The number of ketones is 3. The van der Waals surface area contributed by atoms with Crippen molar-refractivity contribution in [3.05, 3.63) is 99.0 Å². The number of ether oxygens (including phenoxy) is 1. The molecule has 35 heavy (non-hydrogen) atoms. The van der Waals surface area contributed by atoms with E-state index in [1.54, 1.807) is 18.2 Å². The van der Waals surface area contributed by atoms with Crippen LogP contribution in [0, 0.1) is 5.92 Å². The first kappa shape index (κ1) is 24.3. The predicted molar refractivity (Wildman–Crippen MR) is 129 cm³/mol. The molecule has 2 atom stereocenters. The Bertz CT molecular complexity index is 1380. The summed E-state index contributed by atoms with van der Waals surface area (Å²) >= 11 is 12.0. The molecule has 1 heterocycles. The molecule has 0 saturated carbocycles. The second-order valence-electron chi connectivity index (χ2n) is 7.84. The normalized spacial score (nSPS) is 15.1. The van der Waals surface area contributed by atoms with Gasteiger partial charge in [0.25, 0.3) is 5.91 Å². The van der Waals surface area contributed by atoms with Crippen LogP contribution >= 0.6 is 23.2 Å². The lowest BCUT2D eigenvalue weighted by Crippen LogP contribution is -2.38. The van der Waals surface area contributed by atoms with Crippen molar-refractivity contribution < 1.29 is 28.7 Å². The highest BCUT2D eigenvalue weighted by Gasteiger charge is 2.46. The summed E-state index contributed by atoms with van der Waals surface area (Å²) in [5.74, 6) is -5.48. The minimum atomic E-state index is -1.67. The van der Waals surface area contributed by atoms with Crippen molar-refractivity contribution in [1.29, 1.82) is 0 Å². The highest BCUT2D eigenvalue weighted by Crippen LogP contribution is 2.38. The van der Waals surface area contributed by atoms with E-state index in [0.717, 1.165) is 0 Å². The predicted octanol–water partition coefficient (Wildman–Crippen LogP) is 5.11. The average Bonchev–Trinajstić information content (AvgIpc) is 3.17. The lowest BCUT2D eigenvalue weighted by Gasteiger charge is -2.21. The number of fused-ring (bicyclic) bond motifs is 1. The van der Waals surface area contributed by atoms with Crippen molar-refractivity contribution in [2.24, 2.45) is 5.92 Å². The number of amides is 1. The number of esters is 1. The van der Waals surface area contributed by atoms with Crippen LogP contribution in [-0.4, -0.2) is 29.2 Å². The smallest absolute Gasteiger partial charge is 0.339 e. The van der Waals surface area contributed by atoms with E-state index < -0.39 is 35.5 Å². The van der Waals surface area contributed by atoms with E-state index in [0.29, 0.717) is 11.1 Å². The molecule has 3 aromatic carbocycles. The molecule has 1 aliphatic heterocycles. The zero-order valence-corrected chi connectivity index (χ0v) is 19.7. The number of Topliss-reactive ketones (excluding diaryl/α,β-unsaturated/α-hetero) is 3. The Morgan fingerprint density at radius 1 is 0.886 bits per heavy atom. The fraction of sp³-hybridized carbons (Fsp3) is 0.115. The van der Waals surface area contributed by atoms with E-state index in [1.807, 2.05) is 0 Å². The number of carbonyl (C=O) groups is 5. The standard InChI is InChI=1S/C26H17Cl2NO6/c1-13(30)14-6-9-16(10-7-14)29-25(33)23(32)21(22(31)15-8-11-19(27)20(28)12-15)24-17-4-2-3-5-18(17)26(34)35-24/h2-12,21,24H,1H3,(H,29,33)/t21-,24-/m0/s1. The van der Waals surface area contributed by atoms with Gasteiger partial charge < -0.3 is 10.1 Å². The van der Waals surface area contributed by atoms with E-state index >= 15 is 0 Å². The molecule has 0 saturated heterocycles. The van der Waals surface area contributed by atoms with E-state index in [4.69, 9.17) is 27.9 Å². The number of benzene rings is 3. The number of halogens is 2. The fourth-order valence-corrected chi connectivity index (χ4v) is 4.06. The first-order chi connectivity index (χ1) is 16.7. The fourth-order valence-electron chi connectivity index (χ4n) is 3.77. The van der Waals surface area contributed by atoms with Crippen LogP contribution in [0.2, 0.25) is 10.0 Å². The molecule has 0 aliphatic carbocycles. The van der Waals surface area contributed by atoms with E-state index in [1.165, 1.54) is 55.5 Å². The van der Waals surface area contributed by atoms with Crippen LogP contribution in [0.25, 0.3) is 0 Å². The largest absolute Gasteiger partial charge is 0.453 e. The molecule has 176 valence electrons. The van der Waals surface area contributed by atoms with Crippen molar-refractivity contribution in [1.82, 2.24) is 0 Å². The number of hydrogen-bond donors (Lipinski definition) is 1. The SMILES string of the molecule is CC(=O)c1ccc(NC(=O)C(=O)[C@H](C(=O)c2ccc(Cl)c(Cl)c2)[C@H]2OC(=O)c3ccccc32)cc1. The summed E-state index contributed by atoms with van der Waals surface area (Å²) in [4.78, 5) is 63.6. The second-order valence-corrected chi connectivity index (χ2v) is 8.65. The topological polar surface area (TPSA) is 107 Å². The molecule has 0 fully saturated rings. The maximum absolute atomic E-state index is 13.5. The summed E-state index contributed by atoms with van der Waals surface area (Å²) in [6.45, 7) is 1.40. The highest BCUT2D eigenvalue weighted by atomic mass is 35.5. The van der Waals surface area contributed by atoms with Gasteiger partial charge in [-0.25, -0.2) is 4.79 Å². The van der Waals surface area contributed by atoms with Crippen molar-refractivity contribution in [3.63, 3.8) is 0 Å². The molecule has 0 radical (unpaired) electrons. The van der Waals surface area contributed by atoms with Gasteiger partial charge in [-0.05, 0) is 55.5 Å². The number of carbonyl (C=O) groups excluding carboxylic acids is 5. The Labute approximate surface area is 210 Å². The molecule has 4 rings (SSSR count). The first-order valence-electron chi connectivity index (χ1n) is 10.4. The van der Waals surface area contributed by atoms with Crippen LogP contribution in [0.15, 0.2) is 66.7 Å². The van der Waals surface area contributed by atoms with Gasteiger partial charge in [0.15, 0.2) is 11.6 Å². The van der Waals surface area contributed by atoms with Gasteiger partial charge in [0.2, 0.25) is 5.78 Å². The zero-order chi connectivity index (χ0) is 25.3. The number of hydrogen-bond acceptors (Lipinski definition) is 6. The van der Waals surface area contributed by atoms with Gasteiger partial charge in [-0.3, -0.25) is 19.2 Å². The molecule has 7 nitrogen and oxygen atoms in total. The third-order valence-corrected chi connectivity index (χ3v) is 6.31. The molecule has 9 heteroatoms. The maximum atomic E-state index is 13.5. The summed E-state index contributed by atoms with van der Waals surface area (Å²) < 4.78 is 5.40. The Morgan fingerprint density at radius 3 is 2.20 bits per heavy atom. The molecule has 1 aliphatic rings. The number of anilines is 1. The lowest BCUT2D eigenvalue weighted by atomic mass is 9.84. The van der Waals surface area contributed by atoms with Crippen molar-refractivity contribution in [2.45, 2.75) is 13.0 Å². The Morgan fingerprint density at radius 2 is 1.54 bits per heavy atom. The highest BCUT2D eigenvalue weighted by molar-refractivity contribution is 6.46. The summed E-state index contributed by atoms with van der Waals surface area (Å²) in [6.07, 6.45) is -1.31. The monoisotopic (exact) mass is 509 g/mol. The number of nitrogens with one attached hydrogen (secondary N) is 1. The molecule has 0 aromatic heterocycles. The van der Waals surface area contributed by atoms with E-state index in [2.05, 4.69) is 5.32 Å². The van der Waals surface area contributed by atoms with Crippen LogP contribution in [0.4, 0.5) is 5.69 Å². The molecule has 0 bridgehead atoms. The molecular formula is C26H17Cl2NO6. The minimum absolute atomic E-state index is 0.0248. The average molecular weight is 510 g/mol. The van der Waals surface area contributed by atoms with Crippen molar-refractivity contribution in [2.75, 3.05) is 5.32 Å². The van der Waals surface area contributed by atoms with Crippen molar-refractivity contribution in [3.8, 4) is 0 Å². The Hall–Kier alpha value is -3.81. The summed E-state index contributed by atoms with van der Waals surface area (Å²) in [5, 5.41) is 2.72. The third-order valence-electron chi connectivity index (χ3n) is 5.57. The maximum Gasteiger partial charge on any atom is 0.339 e. The lowest BCUT2D eigenvalue weighted by molar-refractivity contribution is -0.138. The molecular weight excluding hydrogens is 493 g/mol. The van der Waals surface area contributed by atoms with Crippen molar-refractivity contribution >= 4 is 58.1 Å². The van der Waals surface area contributed by atoms with Crippen LogP contribution in [-0.2, 0) is 14.3 Å². The van der Waals surface area contributed by atoms with Crippen LogP contribution < -0.4 is 5.32 Å². The number of rotatable bonds is 7. The first-order valence-corrected chi connectivity index (χ1v) is 11.2. The molecule has 0 unspecified atom stereocenters. The minimum Gasteiger partial charge on any atom is -0.453 e. The Balaban J connectivity index is 1.69. The number of cyclic esters (lactones) is 1. The second kappa shape index (κ2) is 9.82. The summed E-state index contributed by atoms with van der Waals surface area (Å²) in [7, 11) is 0. The van der Waals surface area contributed by atoms with Gasteiger partial charge in [0.05, 0.1) is 15.6 Å². The van der Waals surface area contributed by atoms with Gasteiger partial charge in [-0.2, -0.15) is 0 Å². The van der Waals surface area contributed by atoms with Gasteiger partial charge >= 0.3 is 5.97 Å². The molecule has 0 spiro atoms. The third kappa shape index (κ3) is 4.87. The van der Waals surface area contributed by atoms with E-state index in [9.17, 15) is 24.0 Å². The summed E-state index contributed by atoms with van der Waals surface area (Å²) in [5.41, 5.74) is 1.23. The molecule has 1 amide bonds. The Kier molecular flexibility index (Phi) is 6.82. The molecule has 1 N–H and O–H groups in total. The van der Waals surface area contributed by atoms with Crippen LogP contribution in [0.3, 0.4) is 0 Å². The summed E-state index contributed by atoms with van der Waals surface area (Å²) in [6, 6.07) is 16.3. The van der Waals surface area contributed by atoms with E-state index in [-0.39, 0.29) is 32.6 Å². The quantitative estimate of drug-likeness (QED) is 0.205. The van der Waals surface area contributed by atoms with Gasteiger partial charge in [0, 0.05) is 22.4 Å².